The lowest BCUT2D eigenvalue weighted by Gasteiger charge is -2.23. The first-order chi connectivity index (χ1) is 16.4. The summed E-state index contributed by atoms with van der Waals surface area (Å²) in [5, 5.41) is 0. The van der Waals surface area contributed by atoms with E-state index in [1.807, 2.05) is 19.9 Å². The van der Waals surface area contributed by atoms with Gasteiger partial charge in [-0.15, -0.1) is 0 Å². The first kappa shape index (κ1) is 26.9. The van der Waals surface area contributed by atoms with Crippen molar-refractivity contribution >= 4 is 11.9 Å². The molecule has 0 spiro atoms. The van der Waals surface area contributed by atoms with Crippen molar-refractivity contribution in [2.24, 2.45) is 0 Å². The zero-order valence-electron chi connectivity index (χ0n) is 20.4. The Labute approximate surface area is 199 Å². The van der Waals surface area contributed by atoms with Gasteiger partial charge in [0.05, 0.1) is 19.8 Å². The van der Waals surface area contributed by atoms with Crippen LogP contribution in [0.15, 0.2) is 42.0 Å². The minimum absolute atomic E-state index is 0.00870. The van der Waals surface area contributed by atoms with Crippen LogP contribution in [0.25, 0.3) is 5.57 Å². The molecule has 0 saturated heterocycles. The summed E-state index contributed by atoms with van der Waals surface area (Å²) in [5.41, 5.74) is 3.07. The average Bonchev–Trinajstić information content (AvgIpc) is 2.83. The maximum atomic E-state index is 14.6. The Kier molecular flexibility index (Phi) is 10.6. The van der Waals surface area contributed by atoms with Crippen molar-refractivity contribution < 1.29 is 37.6 Å². The van der Waals surface area contributed by atoms with Crippen LogP contribution in [-0.4, -0.2) is 48.3 Å². The van der Waals surface area contributed by atoms with Crippen LogP contribution in [0.3, 0.4) is 0 Å². The van der Waals surface area contributed by atoms with Crippen molar-refractivity contribution in [2.75, 3.05) is 42.0 Å². The van der Waals surface area contributed by atoms with Gasteiger partial charge < -0.3 is 28.4 Å². The fourth-order valence-electron chi connectivity index (χ4n) is 3.32. The Balaban J connectivity index is 2.89. The number of benzene rings is 2. The maximum Gasteiger partial charge on any atom is 0.188 e. The minimum Gasteiger partial charge on any atom is -0.496 e. The van der Waals surface area contributed by atoms with Crippen molar-refractivity contribution in [3.05, 3.63) is 64.5 Å². The van der Waals surface area contributed by atoms with Gasteiger partial charge in [-0.3, -0.25) is 4.79 Å². The Morgan fingerprint density at radius 2 is 1.59 bits per heavy atom. The largest absolute Gasteiger partial charge is 0.496 e. The molecule has 2 rings (SSSR count). The Morgan fingerprint density at radius 1 is 0.912 bits per heavy atom. The minimum atomic E-state index is -0.570. The number of carbonyl (C=O) groups is 1. The van der Waals surface area contributed by atoms with Crippen LogP contribution in [-0.2, 0) is 20.7 Å². The zero-order valence-corrected chi connectivity index (χ0v) is 20.4. The molecule has 0 aliphatic carbocycles. The summed E-state index contributed by atoms with van der Waals surface area (Å²) in [6, 6.07) is 6.13. The van der Waals surface area contributed by atoms with E-state index < -0.39 is 5.82 Å². The normalized spacial score (nSPS) is 11.1. The Morgan fingerprint density at radius 3 is 2.15 bits per heavy atom. The van der Waals surface area contributed by atoms with Gasteiger partial charge in [0.1, 0.15) is 23.5 Å². The second kappa shape index (κ2) is 13.4. The summed E-state index contributed by atoms with van der Waals surface area (Å²) in [6.07, 6.45) is 4.44. The lowest BCUT2D eigenvalue weighted by atomic mass is 9.92. The Bertz CT molecular complexity index is 1040. The molecule has 8 heteroatoms. The van der Waals surface area contributed by atoms with Crippen molar-refractivity contribution in [3.63, 3.8) is 0 Å². The summed E-state index contributed by atoms with van der Waals surface area (Å²) in [5.74, 6) is 0.749. The van der Waals surface area contributed by atoms with Crippen LogP contribution in [0.5, 0.6) is 23.0 Å². The molecule has 0 aromatic heterocycles. The zero-order chi connectivity index (χ0) is 25.1. The summed E-state index contributed by atoms with van der Waals surface area (Å²) in [4.78, 5) is 11.7. The second-order valence-electron chi connectivity index (χ2n) is 7.41. The molecule has 2 aromatic rings. The molecule has 0 saturated carbocycles. The molecule has 34 heavy (non-hydrogen) atoms. The van der Waals surface area contributed by atoms with Crippen molar-refractivity contribution in [3.8, 4) is 23.0 Å². The highest BCUT2D eigenvalue weighted by atomic mass is 19.1. The van der Waals surface area contributed by atoms with Gasteiger partial charge in [-0.1, -0.05) is 17.7 Å². The highest BCUT2D eigenvalue weighted by Crippen LogP contribution is 2.46. The molecule has 0 bridgehead atoms. The summed E-state index contributed by atoms with van der Waals surface area (Å²) in [7, 11) is 5.89. The number of halogens is 1. The van der Waals surface area contributed by atoms with Crippen LogP contribution in [0, 0.1) is 5.82 Å². The third kappa shape index (κ3) is 6.59. The van der Waals surface area contributed by atoms with Gasteiger partial charge in [0.2, 0.25) is 0 Å². The number of hydrogen-bond acceptors (Lipinski definition) is 7. The number of aldehydes is 1. The van der Waals surface area contributed by atoms with Crippen LogP contribution in [0.4, 0.5) is 4.39 Å². The number of ether oxygens (including phenoxy) is 6. The van der Waals surface area contributed by atoms with Gasteiger partial charge in [0, 0.05) is 25.8 Å². The van der Waals surface area contributed by atoms with E-state index in [0.717, 1.165) is 5.57 Å². The molecule has 0 aliphatic rings. The van der Waals surface area contributed by atoms with E-state index in [1.54, 1.807) is 12.1 Å². The molecule has 7 nitrogen and oxygen atoms in total. The van der Waals surface area contributed by atoms with Crippen LogP contribution >= 0.6 is 0 Å². The number of hydrogen-bond donors (Lipinski definition) is 0. The van der Waals surface area contributed by atoms with E-state index in [0.29, 0.717) is 52.2 Å². The average molecular weight is 475 g/mol. The Hall–Kier alpha value is -3.36. The quantitative estimate of drug-likeness (QED) is 0.176. The lowest BCUT2D eigenvalue weighted by Crippen LogP contribution is -2.10. The first-order valence-corrected chi connectivity index (χ1v) is 10.5. The third-order valence-electron chi connectivity index (χ3n) is 4.86. The van der Waals surface area contributed by atoms with E-state index in [4.69, 9.17) is 28.4 Å². The van der Waals surface area contributed by atoms with Gasteiger partial charge in [-0.25, -0.2) is 4.39 Å². The highest BCUT2D eigenvalue weighted by Gasteiger charge is 2.25. The van der Waals surface area contributed by atoms with E-state index >= 15 is 0 Å². The van der Waals surface area contributed by atoms with Gasteiger partial charge in [-0.05, 0) is 49.6 Å². The number of allylic oxidation sites excluding steroid dienone is 3. The lowest BCUT2D eigenvalue weighted by molar-refractivity contribution is -0.104. The van der Waals surface area contributed by atoms with E-state index in [1.165, 1.54) is 46.6 Å². The first-order valence-electron chi connectivity index (χ1n) is 10.5. The number of carbonyl (C=O) groups excluding carboxylic acids is 1. The molecule has 0 radical (unpaired) electrons. The highest BCUT2D eigenvalue weighted by molar-refractivity contribution is 5.94. The molecule has 0 heterocycles. The molecule has 0 unspecified atom stereocenters. The van der Waals surface area contributed by atoms with Crippen LogP contribution in [0.2, 0.25) is 0 Å². The number of rotatable bonds is 13. The predicted molar refractivity (Wildman–Crippen MR) is 127 cm³/mol. The van der Waals surface area contributed by atoms with E-state index in [2.05, 4.69) is 0 Å². The van der Waals surface area contributed by atoms with E-state index in [-0.39, 0.29) is 19.3 Å². The van der Waals surface area contributed by atoms with Crippen LogP contribution < -0.4 is 18.9 Å². The number of methoxy groups -OCH3 is 4. The van der Waals surface area contributed by atoms with E-state index in [9.17, 15) is 9.18 Å². The standard InChI is InChI=1S/C26H31FO7/c1-17(2)7-9-20-23(33-15-29-3)14-24(32-6)25(26(20)34-16-30-4)19(11-12-28)18-8-10-22(31-5)21(27)13-18/h7-8,10-14H,9,15-16H2,1-6H3/b19-11+. The van der Waals surface area contributed by atoms with Gasteiger partial charge in [0.15, 0.2) is 25.2 Å². The molecule has 0 fully saturated rings. The molecule has 184 valence electrons. The van der Waals surface area contributed by atoms with Crippen LogP contribution in [0.1, 0.15) is 30.5 Å². The van der Waals surface area contributed by atoms with Gasteiger partial charge >= 0.3 is 0 Å². The summed E-state index contributed by atoms with van der Waals surface area (Å²) < 4.78 is 47.3. The SMILES string of the molecule is COCOc1cc(OC)c(/C(=C/C=O)c2ccc(OC)c(F)c2)c(OCOC)c1CC=C(C)C. The second-order valence-corrected chi connectivity index (χ2v) is 7.41. The molecule has 0 amide bonds. The van der Waals surface area contributed by atoms with Gasteiger partial charge in [-0.2, -0.15) is 0 Å². The van der Waals surface area contributed by atoms with Crippen molar-refractivity contribution in [1.82, 2.24) is 0 Å². The van der Waals surface area contributed by atoms with Gasteiger partial charge in [0.25, 0.3) is 0 Å². The fourth-order valence-corrected chi connectivity index (χ4v) is 3.32. The van der Waals surface area contributed by atoms with Crippen molar-refractivity contribution in [2.45, 2.75) is 20.3 Å². The summed E-state index contributed by atoms with van der Waals surface area (Å²) >= 11 is 0. The smallest absolute Gasteiger partial charge is 0.188 e. The fraction of sp³-hybridized carbons (Fsp3) is 0.346. The molecule has 2 aromatic carbocycles. The maximum absolute atomic E-state index is 14.6. The monoisotopic (exact) mass is 474 g/mol. The predicted octanol–water partition coefficient (Wildman–Crippen LogP) is 4.95. The summed E-state index contributed by atoms with van der Waals surface area (Å²) in [6.45, 7) is 3.90. The molecule has 0 N–H and O–H groups in total. The van der Waals surface area contributed by atoms with Crippen molar-refractivity contribution in [1.29, 1.82) is 0 Å². The third-order valence-corrected chi connectivity index (χ3v) is 4.86. The molecule has 0 aliphatic heterocycles. The molecular formula is C26H31FO7. The molecular weight excluding hydrogens is 443 g/mol. The topological polar surface area (TPSA) is 72.5 Å². The molecule has 0 atom stereocenters.